The molecule has 0 aromatic heterocycles. The number of rotatable bonds is 20. The molecule has 62 heavy (non-hydrogen) atoms. The molecule has 0 amide bonds. The van der Waals surface area contributed by atoms with E-state index < -0.39 is 122 Å². The Morgan fingerprint density at radius 1 is 0.452 bits per heavy atom. The van der Waals surface area contributed by atoms with Crippen LogP contribution in [0.25, 0.3) is 0 Å². The van der Waals surface area contributed by atoms with Gasteiger partial charge in [-0.05, 0) is 72.3 Å². The van der Waals surface area contributed by atoms with Gasteiger partial charge in [-0.25, -0.2) is 9.98 Å². The molecule has 0 aliphatic carbocycles. The van der Waals surface area contributed by atoms with Gasteiger partial charge < -0.3 is 40.9 Å². The summed E-state index contributed by atoms with van der Waals surface area (Å²) in [7, 11) is 0. The third kappa shape index (κ3) is 10.1. The standard InChI is InChI=1S/C42H44N4O16/c1-41(17-39(59)60)23(5-9-35(51)52)29-14-27-21(11-37(55)56)19(3-7-33(47)48)25(43-27)13-26-20(4-8-34(49)50)22(12-38(57)58)28(44-26)15-31-42(2,18-40(61)62)24(6-10-36(53)54)30(46-31)16-32(41)45-29/h13-16,23-24H,3-12,17-18H2,1-2H3,(H,47,48)(H,49,50)(H,51,52)(H,53,54)(H,55,56)(H,57,58)(H,59,60)(H,61,62)/t23-,24-,41+,42+/m1/s1. The number of aliphatic imine (C=N–C) groups is 4. The zero-order valence-electron chi connectivity index (χ0n) is 33.6. The largest absolute Gasteiger partial charge is 0.481 e. The monoisotopic (exact) mass is 860 g/mol. The van der Waals surface area contributed by atoms with Crippen LogP contribution in [0, 0.1) is 22.7 Å². The molecule has 328 valence electrons. The smallest absolute Gasteiger partial charge is 0.307 e. The van der Waals surface area contributed by atoms with Crippen molar-refractivity contribution in [1.29, 1.82) is 0 Å². The van der Waals surface area contributed by atoms with Gasteiger partial charge in [0.15, 0.2) is 0 Å². The van der Waals surface area contributed by atoms with Gasteiger partial charge in [0.25, 0.3) is 0 Å². The predicted molar refractivity (Wildman–Crippen MR) is 216 cm³/mol. The maximum absolute atomic E-state index is 12.6. The summed E-state index contributed by atoms with van der Waals surface area (Å²) in [6, 6.07) is 0. The fourth-order valence-corrected chi connectivity index (χ4v) is 8.77. The Morgan fingerprint density at radius 2 is 0.855 bits per heavy atom. The SMILES string of the molecule is C[C@@]1(CC(=O)O)C2=CC3=NC(=CC4=NC(=CC5=NC(=CC(=N2)[C@H]1CCC(=O)O)C(CC(=O)O)=C5CCC(=O)O)C(CCC(=O)O)=C4CC(=O)O)[C@@](C)(CC(=O)O)[C@@H]3CCC(=O)O. The molecule has 5 rings (SSSR count). The number of hydrogen-bond acceptors (Lipinski definition) is 12. The molecule has 0 saturated heterocycles. The Hall–Kier alpha value is -7.12. The van der Waals surface area contributed by atoms with Crippen LogP contribution in [0.5, 0.6) is 0 Å². The molecular formula is C42H44N4O16. The number of carboxylic acid groups (broad SMARTS) is 8. The number of carboxylic acids is 8. The lowest BCUT2D eigenvalue weighted by molar-refractivity contribution is -0.141. The lowest BCUT2D eigenvalue weighted by Gasteiger charge is -2.33. The Labute approximate surface area is 352 Å². The number of allylic oxidation sites excluding steroid dienone is 9. The molecule has 0 radical (unpaired) electrons. The topological polar surface area (TPSA) is 348 Å². The summed E-state index contributed by atoms with van der Waals surface area (Å²) < 4.78 is 0. The maximum atomic E-state index is 12.6. The van der Waals surface area contributed by atoms with Gasteiger partial charge in [0.1, 0.15) is 0 Å². The minimum absolute atomic E-state index is 0.00799. The van der Waals surface area contributed by atoms with E-state index >= 15 is 0 Å². The van der Waals surface area contributed by atoms with Crippen LogP contribution in [0.4, 0.5) is 0 Å². The normalized spacial score (nSPS) is 24.0. The van der Waals surface area contributed by atoms with Gasteiger partial charge in [0.05, 0.1) is 48.5 Å². The summed E-state index contributed by atoms with van der Waals surface area (Å²) in [5, 5.41) is 79.6. The van der Waals surface area contributed by atoms with E-state index in [1.807, 2.05) is 0 Å². The van der Waals surface area contributed by atoms with Crippen LogP contribution in [-0.4, -0.2) is 111 Å². The van der Waals surface area contributed by atoms with E-state index in [0.717, 1.165) is 0 Å². The summed E-state index contributed by atoms with van der Waals surface area (Å²) in [5.74, 6) is -12.2. The minimum Gasteiger partial charge on any atom is -0.481 e. The second-order valence-corrected chi connectivity index (χ2v) is 16.0. The average Bonchev–Trinajstić information content (AvgIpc) is 3.77. The Bertz CT molecular complexity index is 2390. The molecule has 0 unspecified atom stereocenters. The summed E-state index contributed by atoms with van der Waals surface area (Å²) >= 11 is 0. The van der Waals surface area contributed by atoms with E-state index in [1.165, 1.54) is 38.2 Å². The lowest BCUT2D eigenvalue weighted by Crippen LogP contribution is -2.34. The van der Waals surface area contributed by atoms with Gasteiger partial charge in [0, 0.05) is 71.2 Å². The van der Waals surface area contributed by atoms with E-state index in [2.05, 4.69) is 0 Å². The fourth-order valence-electron chi connectivity index (χ4n) is 8.77. The van der Waals surface area contributed by atoms with Gasteiger partial charge in [-0.15, -0.1) is 0 Å². The molecule has 5 heterocycles. The second kappa shape index (κ2) is 18.2. The molecule has 0 aromatic carbocycles. The van der Waals surface area contributed by atoms with Gasteiger partial charge in [-0.2, -0.15) is 0 Å². The van der Waals surface area contributed by atoms with Crippen molar-refractivity contribution in [3.63, 3.8) is 0 Å². The molecule has 5 aliphatic heterocycles. The average molecular weight is 861 g/mol. The third-order valence-electron chi connectivity index (χ3n) is 11.6. The molecule has 20 nitrogen and oxygen atoms in total. The van der Waals surface area contributed by atoms with Crippen molar-refractivity contribution in [3.05, 3.63) is 69.4 Å². The van der Waals surface area contributed by atoms with Crippen molar-refractivity contribution in [1.82, 2.24) is 0 Å². The number of hydrogen-bond donors (Lipinski definition) is 8. The van der Waals surface area contributed by atoms with Crippen LogP contribution >= 0.6 is 0 Å². The molecular weight excluding hydrogens is 816 g/mol. The Balaban J connectivity index is 1.97. The Morgan fingerprint density at radius 3 is 1.31 bits per heavy atom. The van der Waals surface area contributed by atoms with E-state index in [0.29, 0.717) is 0 Å². The first-order valence-electron chi connectivity index (χ1n) is 19.4. The van der Waals surface area contributed by atoms with Crippen LogP contribution < -0.4 is 0 Å². The molecule has 0 aromatic rings. The van der Waals surface area contributed by atoms with Crippen molar-refractivity contribution in [2.45, 2.75) is 90.9 Å². The van der Waals surface area contributed by atoms with Crippen molar-refractivity contribution < 1.29 is 79.2 Å². The molecule has 8 N–H and O–H groups in total. The first-order chi connectivity index (χ1) is 29.0. The van der Waals surface area contributed by atoms with Crippen molar-refractivity contribution in [2.75, 3.05) is 0 Å². The molecule has 5 aliphatic rings. The highest BCUT2D eigenvalue weighted by molar-refractivity contribution is 6.18. The summed E-state index contributed by atoms with van der Waals surface area (Å²) in [6.45, 7) is 3.06. The molecule has 0 spiro atoms. The van der Waals surface area contributed by atoms with E-state index in [4.69, 9.17) is 20.0 Å². The summed E-state index contributed by atoms with van der Waals surface area (Å²) in [5.41, 5.74) is -2.57. The highest BCUT2D eigenvalue weighted by Crippen LogP contribution is 2.53. The van der Waals surface area contributed by atoms with Gasteiger partial charge >= 0.3 is 47.8 Å². The van der Waals surface area contributed by atoms with E-state index in [-0.39, 0.29) is 93.6 Å². The molecule has 20 heteroatoms. The predicted octanol–water partition coefficient (Wildman–Crippen LogP) is 4.55. The first-order valence-corrected chi connectivity index (χ1v) is 19.4. The van der Waals surface area contributed by atoms with Crippen molar-refractivity contribution in [3.8, 4) is 0 Å². The second-order valence-electron chi connectivity index (χ2n) is 16.0. The molecule has 0 fully saturated rings. The highest BCUT2D eigenvalue weighted by atomic mass is 16.4. The van der Waals surface area contributed by atoms with Crippen LogP contribution in [0.2, 0.25) is 0 Å². The van der Waals surface area contributed by atoms with Crippen LogP contribution in [-0.2, 0) is 38.4 Å². The van der Waals surface area contributed by atoms with Gasteiger partial charge in [-0.1, -0.05) is 13.8 Å². The Kier molecular flexibility index (Phi) is 13.5. The van der Waals surface area contributed by atoms with Crippen molar-refractivity contribution in [2.24, 2.45) is 42.6 Å². The lowest BCUT2D eigenvalue weighted by atomic mass is 9.68. The van der Waals surface area contributed by atoms with Crippen LogP contribution in [0.1, 0.15) is 90.9 Å². The molecule has 0 saturated carbocycles. The molecule has 8 bridgehead atoms. The van der Waals surface area contributed by atoms with Gasteiger partial charge in [0.2, 0.25) is 0 Å². The molecule has 4 atom stereocenters. The van der Waals surface area contributed by atoms with Gasteiger partial charge in [-0.3, -0.25) is 48.3 Å². The van der Waals surface area contributed by atoms with Crippen LogP contribution in [0.3, 0.4) is 0 Å². The number of carbonyl (C=O) groups is 8. The van der Waals surface area contributed by atoms with Crippen molar-refractivity contribution >= 4 is 70.6 Å². The number of nitrogens with zero attached hydrogens (tertiary/aromatic N) is 4. The summed E-state index contributed by atoms with van der Waals surface area (Å²) in [4.78, 5) is 117. The third-order valence-corrected chi connectivity index (χ3v) is 11.6. The first kappa shape index (κ1) is 46.0. The van der Waals surface area contributed by atoms with Crippen LogP contribution in [0.15, 0.2) is 89.4 Å². The van der Waals surface area contributed by atoms with E-state index in [1.54, 1.807) is 0 Å². The maximum Gasteiger partial charge on any atom is 0.307 e. The minimum atomic E-state index is -1.52. The summed E-state index contributed by atoms with van der Waals surface area (Å²) in [6.07, 6.45) is -0.0613. The quantitative estimate of drug-likeness (QED) is 0.0832. The number of fused-ring (bicyclic) bond motifs is 4. The highest BCUT2D eigenvalue weighted by Gasteiger charge is 2.51. The van der Waals surface area contributed by atoms with E-state index in [9.17, 15) is 79.2 Å². The zero-order valence-corrected chi connectivity index (χ0v) is 33.6. The zero-order chi connectivity index (χ0) is 45.8. The fraction of sp³-hybridized carbons (Fsp3) is 0.429. The number of aliphatic carboxylic acids is 8.